The number of aromatic nitrogens is 2. The van der Waals surface area contributed by atoms with Crippen molar-refractivity contribution in [1.29, 1.82) is 0 Å². The third-order valence-electron chi connectivity index (χ3n) is 5.45. The van der Waals surface area contributed by atoms with Crippen LogP contribution >= 0.6 is 0 Å². The summed E-state index contributed by atoms with van der Waals surface area (Å²) in [6.45, 7) is 5.34. The minimum absolute atomic E-state index is 0.479. The van der Waals surface area contributed by atoms with Crippen molar-refractivity contribution in [2.75, 3.05) is 6.54 Å². The lowest BCUT2D eigenvalue weighted by atomic mass is 9.78. The first kappa shape index (κ1) is 15.1. The standard InChI is InChI=1S/C18H31N3/c1-13(2)21-16-10-6-9-14(11-12-19)17(16)18(20-21)15-7-4-3-5-8-15/h13-15H,3-12,19H2,1-2H3. The van der Waals surface area contributed by atoms with Gasteiger partial charge in [-0.3, -0.25) is 4.68 Å². The summed E-state index contributed by atoms with van der Waals surface area (Å²) in [7, 11) is 0. The van der Waals surface area contributed by atoms with Crippen LogP contribution < -0.4 is 5.73 Å². The predicted molar refractivity (Wildman–Crippen MR) is 87.8 cm³/mol. The van der Waals surface area contributed by atoms with Gasteiger partial charge in [-0.2, -0.15) is 5.10 Å². The van der Waals surface area contributed by atoms with Gasteiger partial charge in [0, 0.05) is 17.7 Å². The highest BCUT2D eigenvalue weighted by molar-refractivity contribution is 5.35. The Balaban J connectivity index is 2.01. The minimum atomic E-state index is 0.479. The number of rotatable bonds is 4. The first-order valence-electron chi connectivity index (χ1n) is 9.03. The summed E-state index contributed by atoms with van der Waals surface area (Å²) >= 11 is 0. The third kappa shape index (κ3) is 2.90. The van der Waals surface area contributed by atoms with Gasteiger partial charge in [-0.25, -0.2) is 0 Å². The van der Waals surface area contributed by atoms with Crippen molar-refractivity contribution < 1.29 is 0 Å². The quantitative estimate of drug-likeness (QED) is 0.899. The molecule has 2 aliphatic rings. The molecular weight excluding hydrogens is 258 g/mol. The normalized spacial score (nSPS) is 23.5. The monoisotopic (exact) mass is 289 g/mol. The van der Waals surface area contributed by atoms with Gasteiger partial charge in [0.1, 0.15) is 0 Å². The molecule has 0 aliphatic heterocycles. The highest BCUT2D eigenvalue weighted by atomic mass is 15.3. The van der Waals surface area contributed by atoms with E-state index in [9.17, 15) is 0 Å². The highest BCUT2D eigenvalue weighted by Crippen LogP contribution is 2.43. The maximum absolute atomic E-state index is 5.88. The van der Waals surface area contributed by atoms with Gasteiger partial charge in [-0.15, -0.1) is 0 Å². The summed E-state index contributed by atoms with van der Waals surface area (Å²) < 4.78 is 2.34. The van der Waals surface area contributed by atoms with E-state index in [1.165, 1.54) is 62.8 Å². The fourth-order valence-corrected chi connectivity index (χ4v) is 4.45. The smallest absolute Gasteiger partial charge is 0.0693 e. The Kier molecular flexibility index (Phi) is 4.68. The predicted octanol–water partition coefficient (Wildman–Crippen LogP) is 4.28. The van der Waals surface area contributed by atoms with Crippen molar-refractivity contribution in [3.05, 3.63) is 17.0 Å². The average molecular weight is 289 g/mol. The highest BCUT2D eigenvalue weighted by Gasteiger charge is 2.32. The van der Waals surface area contributed by atoms with Crippen LogP contribution in [0.25, 0.3) is 0 Å². The molecule has 1 saturated carbocycles. The van der Waals surface area contributed by atoms with E-state index in [4.69, 9.17) is 10.8 Å². The molecule has 118 valence electrons. The number of nitrogens with two attached hydrogens (primary N) is 1. The van der Waals surface area contributed by atoms with Crippen LogP contribution in [0.1, 0.15) is 100 Å². The van der Waals surface area contributed by atoms with E-state index in [2.05, 4.69) is 18.5 Å². The molecule has 0 radical (unpaired) electrons. The molecule has 1 atom stereocenters. The van der Waals surface area contributed by atoms with E-state index in [0.29, 0.717) is 17.9 Å². The number of fused-ring (bicyclic) bond motifs is 1. The Morgan fingerprint density at radius 3 is 2.57 bits per heavy atom. The summed E-state index contributed by atoms with van der Waals surface area (Å²) in [5.41, 5.74) is 10.5. The SMILES string of the molecule is CC(C)n1nc(C2CCCCC2)c2c1CCCC2CCN. The molecule has 3 nitrogen and oxygen atoms in total. The molecule has 0 saturated heterocycles. The Hall–Kier alpha value is -0.830. The first-order chi connectivity index (χ1) is 10.2. The molecule has 2 aliphatic carbocycles. The Morgan fingerprint density at radius 1 is 1.14 bits per heavy atom. The van der Waals surface area contributed by atoms with Gasteiger partial charge >= 0.3 is 0 Å². The Bertz CT molecular complexity index is 469. The second-order valence-corrected chi connectivity index (χ2v) is 7.29. The Morgan fingerprint density at radius 2 is 1.90 bits per heavy atom. The number of nitrogens with zero attached hydrogens (tertiary/aromatic N) is 2. The zero-order chi connectivity index (χ0) is 14.8. The fraction of sp³-hybridized carbons (Fsp3) is 0.833. The van der Waals surface area contributed by atoms with Gasteiger partial charge in [-0.05, 0) is 70.4 Å². The topological polar surface area (TPSA) is 43.8 Å². The van der Waals surface area contributed by atoms with E-state index >= 15 is 0 Å². The van der Waals surface area contributed by atoms with Crippen LogP contribution in [0.3, 0.4) is 0 Å². The molecule has 0 spiro atoms. The van der Waals surface area contributed by atoms with E-state index in [1.807, 2.05) is 0 Å². The lowest BCUT2D eigenvalue weighted by molar-refractivity contribution is 0.423. The van der Waals surface area contributed by atoms with E-state index in [-0.39, 0.29) is 0 Å². The molecule has 1 fully saturated rings. The van der Waals surface area contributed by atoms with Crippen LogP contribution in [0.4, 0.5) is 0 Å². The molecule has 3 rings (SSSR count). The van der Waals surface area contributed by atoms with Crippen molar-refractivity contribution in [3.8, 4) is 0 Å². The largest absolute Gasteiger partial charge is 0.330 e. The molecule has 0 amide bonds. The van der Waals surface area contributed by atoms with Crippen molar-refractivity contribution >= 4 is 0 Å². The molecule has 0 aromatic carbocycles. The summed E-state index contributed by atoms with van der Waals surface area (Å²) in [4.78, 5) is 0. The van der Waals surface area contributed by atoms with Crippen LogP contribution in [0.2, 0.25) is 0 Å². The van der Waals surface area contributed by atoms with Gasteiger partial charge in [0.05, 0.1) is 5.69 Å². The van der Waals surface area contributed by atoms with Crippen LogP contribution in [0.15, 0.2) is 0 Å². The van der Waals surface area contributed by atoms with Gasteiger partial charge < -0.3 is 5.73 Å². The van der Waals surface area contributed by atoms with Gasteiger partial charge in [0.15, 0.2) is 0 Å². The van der Waals surface area contributed by atoms with Gasteiger partial charge in [0.25, 0.3) is 0 Å². The van der Waals surface area contributed by atoms with Crippen molar-refractivity contribution in [2.24, 2.45) is 5.73 Å². The molecule has 1 unspecified atom stereocenters. The lowest BCUT2D eigenvalue weighted by Gasteiger charge is -2.27. The maximum Gasteiger partial charge on any atom is 0.0693 e. The van der Waals surface area contributed by atoms with E-state index in [1.54, 1.807) is 5.56 Å². The molecule has 2 N–H and O–H groups in total. The van der Waals surface area contributed by atoms with Crippen molar-refractivity contribution in [1.82, 2.24) is 9.78 Å². The molecule has 1 aromatic rings. The molecular formula is C18H31N3. The maximum atomic E-state index is 5.88. The summed E-state index contributed by atoms with van der Waals surface area (Å²) in [6, 6.07) is 0.479. The minimum Gasteiger partial charge on any atom is -0.330 e. The van der Waals surface area contributed by atoms with Crippen LogP contribution in [0, 0.1) is 0 Å². The average Bonchev–Trinajstić information content (AvgIpc) is 2.89. The second kappa shape index (κ2) is 6.51. The second-order valence-electron chi connectivity index (χ2n) is 7.29. The van der Waals surface area contributed by atoms with E-state index < -0.39 is 0 Å². The van der Waals surface area contributed by atoms with Crippen molar-refractivity contribution in [3.63, 3.8) is 0 Å². The van der Waals surface area contributed by atoms with Crippen LogP contribution in [-0.2, 0) is 6.42 Å². The molecule has 1 heterocycles. The van der Waals surface area contributed by atoms with Gasteiger partial charge in [-0.1, -0.05) is 19.3 Å². The fourth-order valence-electron chi connectivity index (χ4n) is 4.45. The molecule has 1 aromatic heterocycles. The summed E-state index contributed by atoms with van der Waals surface area (Å²) in [5, 5.41) is 5.12. The van der Waals surface area contributed by atoms with Crippen molar-refractivity contribution in [2.45, 2.75) is 89.5 Å². The zero-order valence-electron chi connectivity index (χ0n) is 13.8. The van der Waals surface area contributed by atoms with Crippen LogP contribution in [0.5, 0.6) is 0 Å². The zero-order valence-corrected chi connectivity index (χ0v) is 13.8. The number of hydrogen-bond donors (Lipinski definition) is 1. The summed E-state index contributed by atoms with van der Waals surface area (Å²) in [6.07, 6.45) is 11.8. The summed E-state index contributed by atoms with van der Waals surface area (Å²) in [5.74, 6) is 1.38. The Labute approximate surface area is 129 Å². The third-order valence-corrected chi connectivity index (χ3v) is 5.45. The lowest BCUT2D eigenvalue weighted by Crippen LogP contribution is -2.17. The molecule has 0 bridgehead atoms. The molecule has 21 heavy (non-hydrogen) atoms. The molecule has 3 heteroatoms. The van der Waals surface area contributed by atoms with Crippen LogP contribution in [-0.4, -0.2) is 16.3 Å². The number of hydrogen-bond acceptors (Lipinski definition) is 2. The van der Waals surface area contributed by atoms with Gasteiger partial charge in [0.2, 0.25) is 0 Å². The van der Waals surface area contributed by atoms with E-state index in [0.717, 1.165) is 13.0 Å². The first-order valence-corrected chi connectivity index (χ1v) is 9.03.